The molecule has 4 aromatic carbocycles. The Hall–Kier alpha value is -7.08. The Kier molecular flexibility index (Phi) is 13.8. The van der Waals surface area contributed by atoms with E-state index in [2.05, 4.69) is 24.8 Å². The van der Waals surface area contributed by atoms with Gasteiger partial charge in [-0.05, 0) is 65.3 Å². The van der Waals surface area contributed by atoms with Crippen LogP contribution < -0.4 is 11.1 Å². The van der Waals surface area contributed by atoms with E-state index >= 15 is 0 Å². The number of amides is 2. The van der Waals surface area contributed by atoms with Crippen molar-refractivity contribution >= 4 is 69.7 Å². The average Bonchev–Trinajstić information content (AvgIpc) is 3.77. The van der Waals surface area contributed by atoms with E-state index in [9.17, 15) is 19.2 Å². The van der Waals surface area contributed by atoms with Crippen molar-refractivity contribution in [1.82, 2.24) is 24.6 Å². The molecule has 0 saturated carbocycles. The minimum absolute atomic E-state index is 0.0429. The predicted molar refractivity (Wildman–Crippen MR) is 249 cm³/mol. The second kappa shape index (κ2) is 20.2. The molecule has 0 spiro atoms. The molecule has 1 unspecified atom stereocenters. The van der Waals surface area contributed by atoms with Gasteiger partial charge in [-0.2, -0.15) is 9.36 Å². The van der Waals surface area contributed by atoms with Gasteiger partial charge in [0, 0.05) is 34.6 Å². The molecule has 2 amide bonds. The Morgan fingerprint density at radius 1 is 0.846 bits per heavy atom. The van der Waals surface area contributed by atoms with Crippen molar-refractivity contribution in [3.05, 3.63) is 197 Å². The number of allylic oxidation sites excluding steroid dienone is 1. The Balaban J connectivity index is 1.04. The lowest BCUT2D eigenvalue weighted by Crippen LogP contribution is -2.71. The second-order valence-corrected chi connectivity index (χ2v) is 17.9. The van der Waals surface area contributed by atoms with Crippen molar-refractivity contribution in [2.45, 2.75) is 48.0 Å². The van der Waals surface area contributed by atoms with Crippen LogP contribution in [0.3, 0.4) is 0 Å². The fourth-order valence-corrected chi connectivity index (χ4v) is 9.30. The Labute approximate surface area is 387 Å². The van der Waals surface area contributed by atoms with Gasteiger partial charge in [-0.3, -0.25) is 19.5 Å². The number of hydrogen-bond acceptors (Lipinski definition) is 15. The summed E-state index contributed by atoms with van der Waals surface area (Å²) in [5, 5.41) is 8.00. The number of nitrogens with one attached hydrogen (secondary N) is 1. The number of carbonyl (C=O) groups is 4. The summed E-state index contributed by atoms with van der Waals surface area (Å²) in [4.78, 5) is 73.0. The zero-order valence-electron chi connectivity index (χ0n) is 34.9. The molecular weight excluding hydrogens is 883 g/mol. The molecule has 8 rings (SSSR count). The molecule has 2 aromatic heterocycles. The van der Waals surface area contributed by atoms with Gasteiger partial charge in [-0.25, -0.2) is 9.59 Å². The summed E-state index contributed by atoms with van der Waals surface area (Å²) in [5.74, 6) is -2.82. The van der Waals surface area contributed by atoms with E-state index in [-0.39, 0.29) is 16.7 Å². The molecule has 1 saturated heterocycles. The van der Waals surface area contributed by atoms with E-state index in [0.29, 0.717) is 11.3 Å². The molecule has 4 heterocycles. The molecule has 0 radical (unpaired) electrons. The number of pyridine rings is 1. The fraction of sp³-hybridized carbons (Fsp3) is 0.167. The number of hydrogen-bond donors (Lipinski definition) is 2. The molecule has 328 valence electrons. The number of aromatic nitrogens is 3. The maximum atomic E-state index is 14.5. The van der Waals surface area contributed by atoms with E-state index in [0.717, 1.165) is 38.7 Å². The number of carbonyl (C=O) groups excluding carboxylic acids is 4. The number of benzene rings is 4. The van der Waals surface area contributed by atoms with Crippen molar-refractivity contribution in [1.29, 1.82) is 0 Å². The lowest BCUT2D eigenvalue weighted by Gasteiger charge is -2.49. The van der Waals surface area contributed by atoms with E-state index in [1.54, 1.807) is 18.5 Å². The highest BCUT2D eigenvalue weighted by Crippen LogP contribution is 2.42. The first-order chi connectivity index (χ1) is 31.6. The number of β-lactam (4-membered cyclic amide) rings is 1. The maximum absolute atomic E-state index is 14.5. The highest BCUT2D eigenvalue weighted by atomic mass is 32.2. The highest BCUT2D eigenvalue weighted by molar-refractivity contribution is 8.02. The number of esters is 2. The Morgan fingerprint density at radius 3 is 1.94 bits per heavy atom. The SMILES string of the molecule is CC(C)(ON=C(C(=O)NC1C(=O)N2C(C(=O)OC(c3ccccc3)c3ccccc3)=C(C=CSc3cccnc3)CS[C@H]12)c1nsc(N)n1)C(=O)OC(c1ccccc1)c1ccccc1. The Morgan fingerprint density at radius 2 is 1.42 bits per heavy atom. The molecule has 2 aliphatic heterocycles. The number of anilines is 1. The molecule has 2 atom stereocenters. The number of thioether (sulfide) groups is 2. The van der Waals surface area contributed by atoms with Gasteiger partial charge in [0.1, 0.15) is 17.1 Å². The summed E-state index contributed by atoms with van der Waals surface area (Å²) in [6, 6.07) is 39.8. The first kappa shape index (κ1) is 44.5. The van der Waals surface area contributed by atoms with Gasteiger partial charge in [0.15, 0.2) is 17.3 Å². The number of nitrogen functional groups attached to an aromatic ring is 1. The number of fused-ring (bicyclic) bond motifs is 1. The van der Waals surface area contributed by atoms with Gasteiger partial charge < -0.3 is 25.4 Å². The quantitative estimate of drug-likeness (QED) is 0.0317. The first-order valence-corrected chi connectivity index (χ1v) is 23.0. The second-order valence-electron chi connectivity index (χ2n) is 15.1. The minimum Gasteiger partial charge on any atom is -0.450 e. The van der Waals surface area contributed by atoms with Gasteiger partial charge in [0.2, 0.25) is 17.1 Å². The number of ether oxygens (including phenoxy) is 2. The van der Waals surface area contributed by atoms with Crippen LogP contribution in [-0.2, 0) is 33.5 Å². The van der Waals surface area contributed by atoms with Gasteiger partial charge in [0.25, 0.3) is 11.8 Å². The van der Waals surface area contributed by atoms with Crippen LogP contribution in [0.5, 0.6) is 0 Å². The van der Waals surface area contributed by atoms with Crippen LogP contribution in [0, 0.1) is 0 Å². The van der Waals surface area contributed by atoms with Crippen LogP contribution in [-0.4, -0.2) is 71.5 Å². The maximum Gasteiger partial charge on any atom is 0.356 e. The van der Waals surface area contributed by atoms with E-state index < -0.39 is 58.7 Å². The van der Waals surface area contributed by atoms with Crippen LogP contribution in [0.25, 0.3) is 0 Å². The van der Waals surface area contributed by atoms with Crippen molar-refractivity contribution in [3.8, 4) is 0 Å². The number of rotatable bonds is 16. The summed E-state index contributed by atoms with van der Waals surface area (Å²) in [6.07, 6.45) is 3.63. The molecule has 17 heteroatoms. The van der Waals surface area contributed by atoms with Crippen molar-refractivity contribution in [2.24, 2.45) is 5.16 Å². The smallest absolute Gasteiger partial charge is 0.356 e. The molecule has 0 bridgehead atoms. The highest BCUT2D eigenvalue weighted by Gasteiger charge is 2.55. The summed E-state index contributed by atoms with van der Waals surface area (Å²) in [7, 11) is 0. The van der Waals surface area contributed by atoms with E-state index in [4.69, 9.17) is 20.0 Å². The van der Waals surface area contributed by atoms with Crippen molar-refractivity contribution < 1.29 is 33.5 Å². The summed E-state index contributed by atoms with van der Waals surface area (Å²) >= 11 is 3.58. The number of nitrogens with zero attached hydrogens (tertiary/aromatic N) is 5. The first-order valence-electron chi connectivity index (χ1n) is 20.3. The normalized spacial score (nSPS) is 16.3. The molecule has 0 aliphatic carbocycles. The summed E-state index contributed by atoms with van der Waals surface area (Å²) in [6.45, 7) is 2.90. The lowest BCUT2D eigenvalue weighted by atomic mass is 10.0. The van der Waals surface area contributed by atoms with Gasteiger partial charge in [-0.15, -0.1) is 11.8 Å². The van der Waals surface area contributed by atoms with E-state index in [1.165, 1.54) is 42.3 Å². The van der Waals surface area contributed by atoms with Gasteiger partial charge >= 0.3 is 11.9 Å². The standard InChI is InChI=1S/C48H41N7O7S3/c1-48(2,46(59)61-40(32-20-11-5-12-21-32)33-22-13-6-14-23-33)62-53-36(41-52-47(49)65-54-41)42(56)51-37-43(57)55-38(34(29-64-44(37)55)25-27-63-35-24-15-26-50-28-35)45(58)60-39(30-16-7-3-8-17-30)31-18-9-4-10-19-31/h3-28,37,39-40,44H,29H2,1-2H3,(H,51,56)(H2,49,52,54)/t37?,44-/m1/s1. The van der Waals surface area contributed by atoms with Crippen molar-refractivity contribution in [2.75, 3.05) is 11.5 Å². The van der Waals surface area contributed by atoms with Gasteiger partial charge in [0.05, 0.1) is 0 Å². The van der Waals surface area contributed by atoms with Crippen LogP contribution in [0.15, 0.2) is 179 Å². The van der Waals surface area contributed by atoms with Crippen molar-refractivity contribution in [3.63, 3.8) is 0 Å². The monoisotopic (exact) mass is 923 g/mol. The third kappa shape index (κ3) is 10.3. The molecular formula is C48H41N7O7S3. The van der Waals surface area contributed by atoms with Crippen LogP contribution in [0.1, 0.15) is 54.1 Å². The van der Waals surface area contributed by atoms with Crippen LogP contribution in [0.4, 0.5) is 5.13 Å². The van der Waals surface area contributed by atoms with E-state index in [1.807, 2.05) is 139 Å². The molecule has 65 heavy (non-hydrogen) atoms. The fourth-order valence-electron chi connectivity index (χ4n) is 6.87. The number of nitrogens with two attached hydrogens (primary N) is 1. The zero-order chi connectivity index (χ0) is 45.3. The number of oxime groups is 1. The third-order valence-corrected chi connectivity index (χ3v) is 12.8. The lowest BCUT2D eigenvalue weighted by molar-refractivity contribution is -0.172. The summed E-state index contributed by atoms with van der Waals surface area (Å²) < 4.78 is 16.5. The zero-order valence-corrected chi connectivity index (χ0v) is 37.4. The van der Waals surface area contributed by atoms with Crippen LogP contribution in [0.2, 0.25) is 0 Å². The summed E-state index contributed by atoms with van der Waals surface area (Å²) in [5.41, 5.74) is 7.31. The van der Waals surface area contributed by atoms with Crippen LogP contribution >= 0.6 is 35.1 Å². The largest absolute Gasteiger partial charge is 0.450 e. The minimum atomic E-state index is -1.73. The Bertz CT molecular complexity index is 2660. The topological polar surface area (TPSA) is 188 Å². The van der Waals surface area contributed by atoms with Gasteiger partial charge in [-0.1, -0.05) is 138 Å². The third-order valence-electron chi connectivity index (χ3n) is 10.2. The molecule has 2 aliphatic rings. The molecule has 1 fully saturated rings. The predicted octanol–water partition coefficient (Wildman–Crippen LogP) is 7.64. The molecule has 6 aromatic rings. The average molecular weight is 924 g/mol. The molecule has 14 nitrogen and oxygen atoms in total. The molecule has 3 N–H and O–H groups in total.